The molecule has 0 aromatic carbocycles. The van der Waals surface area contributed by atoms with Gasteiger partial charge < -0.3 is 4.90 Å². The van der Waals surface area contributed by atoms with Crippen LogP contribution < -0.4 is 0 Å². The minimum Gasteiger partial charge on any atom is -0.336 e. The van der Waals surface area contributed by atoms with Crippen LogP contribution in [0.1, 0.15) is 15.9 Å². The standard InChI is InChI=1S/C13H18ClN3O/c1-11-8-12(10-15-9-11)13(18)17-6-4-16(3-2-14)5-7-17/h8-10H,2-7H2,1H3. The maximum atomic E-state index is 12.3. The molecular formula is C13H18ClN3O. The van der Waals surface area contributed by atoms with Crippen LogP contribution in [0.2, 0.25) is 0 Å². The Morgan fingerprint density at radius 2 is 2.06 bits per heavy atom. The third-order valence-electron chi connectivity index (χ3n) is 3.18. The molecule has 1 saturated heterocycles. The zero-order valence-electron chi connectivity index (χ0n) is 10.6. The molecule has 0 bridgehead atoms. The Balaban J connectivity index is 1.95. The van der Waals surface area contributed by atoms with Gasteiger partial charge in [0.05, 0.1) is 5.56 Å². The molecule has 4 nitrogen and oxygen atoms in total. The summed E-state index contributed by atoms with van der Waals surface area (Å²) in [5.41, 5.74) is 1.70. The highest BCUT2D eigenvalue weighted by molar-refractivity contribution is 6.18. The number of aryl methyl sites for hydroxylation is 1. The zero-order chi connectivity index (χ0) is 13.0. The maximum Gasteiger partial charge on any atom is 0.255 e. The molecule has 0 N–H and O–H groups in total. The van der Waals surface area contributed by atoms with Crippen LogP contribution >= 0.6 is 11.6 Å². The Kier molecular flexibility index (Phi) is 4.55. The first kappa shape index (κ1) is 13.3. The smallest absolute Gasteiger partial charge is 0.255 e. The molecule has 1 amide bonds. The van der Waals surface area contributed by atoms with E-state index in [2.05, 4.69) is 9.88 Å². The fourth-order valence-corrected chi connectivity index (χ4v) is 2.39. The van der Waals surface area contributed by atoms with Gasteiger partial charge in [-0.1, -0.05) is 0 Å². The number of rotatable bonds is 3. The Morgan fingerprint density at radius 1 is 1.33 bits per heavy atom. The highest BCUT2D eigenvalue weighted by atomic mass is 35.5. The van der Waals surface area contributed by atoms with Crippen LogP contribution in [0, 0.1) is 6.92 Å². The molecule has 2 rings (SSSR count). The number of aromatic nitrogens is 1. The molecule has 5 heteroatoms. The molecule has 2 heterocycles. The highest BCUT2D eigenvalue weighted by Crippen LogP contribution is 2.09. The topological polar surface area (TPSA) is 36.4 Å². The Hall–Kier alpha value is -1.13. The Bertz CT molecular complexity index is 416. The van der Waals surface area contributed by atoms with Crippen LogP contribution in [-0.2, 0) is 0 Å². The summed E-state index contributed by atoms with van der Waals surface area (Å²) in [4.78, 5) is 20.5. The predicted octanol–water partition coefficient (Wildman–Crippen LogP) is 1.39. The van der Waals surface area contributed by atoms with E-state index in [1.165, 1.54) is 0 Å². The van der Waals surface area contributed by atoms with Gasteiger partial charge in [-0.15, -0.1) is 11.6 Å². The first-order valence-corrected chi connectivity index (χ1v) is 6.73. The second-order valence-corrected chi connectivity index (χ2v) is 4.95. The molecule has 1 aromatic rings. The monoisotopic (exact) mass is 267 g/mol. The average molecular weight is 268 g/mol. The van der Waals surface area contributed by atoms with Crippen molar-refractivity contribution in [1.82, 2.24) is 14.8 Å². The molecule has 1 aromatic heterocycles. The third kappa shape index (κ3) is 3.21. The predicted molar refractivity (Wildman–Crippen MR) is 72.0 cm³/mol. The fraction of sp³-hybridized carbons (Fsp3) is 0.538. The van der Waals surface area contributed by atoms with Gasteiger partial charge in [0, 0.05) is 51.0 Å². The number of piperazine rings is 1. The van der Waals surface area contributed by atoms with Gasteiger partial charge in [0.2, 0.25) is 0 Å². The van der Waals surface area contributed by atoms with Gasteiger partial charge in [0.1, 0.15) is 0 Å². The van der Waals surface area contributed by atoms with Crippen molar-refractivity contribution in [3.8, 4) is 0 Å². The number of amides is 1. The van der Waals surface area contributed by atoms with Crippen molar-refractivity contribution in [2.75, 3.05) is 38.6 Å². The van der Waals surface area contributed by atoms with Gasteiger partial charge in [-0.05, 0) is 18.6 Å². The van der Waals surface area contributed by atoms with Crippen molar-refractivity contribution in [2.45, 2.75) is 6.92 Å². The lowest BCUT2D eigenvalue weighted by atomic mass is 10.2. The van der Waals surface area contributed by atoms with E-state index in [1.54, 1.807) is 12.4 Å². The van der Waals surface area contributed by atoms with Crippen LogP contribution in [0.25, 0.3) is 0 Å². The number of hydrogen-bond acceptors (Lipinski definition) is 3. The molecule has 0 spiro atoms. The molecule has 0 radical (unpaired) electrons. The quantitative estimate of drug-likeness (QED) is 0.777. The number of alkyl halides is 1. The summed E-state index contributed by atoms with van der Waals surface area (Å²) in [5.74, 6) is 0.729. The lowest BCUT2D eigenvalue weighted by Crippen LogP contribution is -2.49. The number of halogens is 1. The second-order valence-electron chi connectivity index (χ2n) is 4.57. The summed E-state index contributed by atoms with van der Waals surface area (Å²) in [6.45, 7) is 6.18. The lowest BCUT2D eigenvalue weighted by molar-refractivity contribution is 0.0644. The van der Waals surface area contributed by atoms with Gasteiger partial charge >= 0.3 is 0 Å². The van der Waals surface area contributed by atoms with Crippen molar-refractivity contribution in [3.63, 3.8) is 0 Å². The molecule has 98 valence electrons. The summed E-state index contributed by atoms with van der Waals surface area (Å²) < 4.78 is 0. The van der Waals surface area contributed by atoms with Crippen LogP contribution in [0.5, 0.6) is 0 Å². The minimum atomic E-state index is 0.0803. The molecule has 1 aliphatic heterocycles. The lowest BCUT2D eigenvalue weighted by Gasteiger charge is -2.34. The van der Waals surface area contributed by atoms with E-state index in [1.807, 2.05) is 17.9 Å². The Labute approximate surface area is 113 Å². The first-order chi connectivity index (χ1) is 8.70. The van der Waals surface area contributed by atoms with Gasteiger partial charge in [0.25, 0.3) is 5.91 Å². The van der Waals surface area contributed by atoms with Crippen LogP contribution in [0.3, 0.4) is 0 Å². The molecule has 0 aliphatic carbocycles. The molecule has 1 aliphatic rings. The van der Waals surface area contributed by atoms with Crippen LogP contribution in [0.15, 0.2) is 18.5 Å². The highest BCUT2D eigenvalue weighted by Gasteiger charge is 2.21. The summed E-state index contributed by atoms with van der Waals surface area (Å²) in [6.07, 6.45) is 3.40. The average Bonchev–Trinajstić information content (AvgIpc) is 2.39. The normalized spacial score (nSPS) is 16.9. The van der Waals surface area contributed by atoms with Gasteiger partial charge in [0.15, 0.2) is 0 Å². The molecule has 0 unspecified atom stereocenters. The van der Waals surface area contributed by atoms with Gasteiger partial charge in [-0.2, -0.15) is 0 Å². The molecule has 0 atom stereocenters. The van der Waals surface area contributed by atoms with Crippen molar-refractivity contribution in [1.29, 1.82) is 0 Å². The minimum absolute atomic E-state index is 0.0803. The van der Waals surface area contributed by atoms with E-state index in [-0.39, 0.29) is 5.91 Å². The molecule has 1 fully saturated rings. The summed E-state index contributed by atoms with van der Waals surface area (Å²) in [5, 5.41) is 0. The largest absolute Gasteiger partial charge is 0.336 e. The van der Waals surface area contributed by atoms with E-state index >= 15 is 0 Å². The van der Waals surface area contributed by atoms with Crippen molar-refractivity contribution < 1.29 is 4.79 Å². The van der Waals surface area contributed by atoms with E-state index < -0.39 is 0 Å². The van der Waals surface area contributed by atoms with E-state index in [4.69, 9.17) is 11.6 Å². The number of carbonyl (C=O) groups excluding carboxylic acids is 1. The van der Waals surface area contributed by atoms with E-state index in [0.29, 0.717) is 11.4 Å². The number of nitrogens with zero attached hydrogens (tertiary/aromatic N) is 3. The first-order valence-electron chi connectivity index (χ1n) is 6.20. The molecule has 18 heavy (non-hydrogen) atoms. The van der Waals surface area contributed by atoms with Gasteiger partial charge in [-0.3, -0.25) is 14.7 Å². The zero-order valence-corrected chi connectivity index (χ0v) is 11.4. The van der Waals surface area contributed by atoms with E-state index in [0.717, 1.165) is 38.3 Å². The molecular weight excluding hydrogens is 250 g/mol. The molecule has 0 saturated carbocycles. The second kappa shape index (κ2) is 6.16. The van der Waals surface area contributed by atoms with Crippen LogP contribution in [-0.4, -0.2) is 59.3 Å². The van der Waals surface area contributed by atoms with Crippen LogP contribution in [0.4, 0.5) is 0 Å². The van der Waals surface area contributed by atoms with Crippen molar-refractivity contribution in [3.05, 3.63) is 29.6 Å². The maximum absolute atomic E-state index is 12.3. The number of hydrogen-bond donors (Lipinski definition) is 0. The van der Waals surface area contributed by atoms with Crippen molar-refractivity contribution in [2.24, 2.45) is 0 Å². The van der Waals surface area contributed by atoms with Crippen molar-refractivity contribution >= 4 is 17.5 Å². The number of pyridine rings is 1. The third-order valence-corrected chi connectivity index (χ3v) is 3.35. The summed E-state index contributed by atoms with van der Waals surface area (Å²) in [6, 6.07) is 1.89. The number of carbonyl (C=O) groups is 1. The Morgan fingerprint density at radius 3 is 2.67 bits per heavy atom. The van der Waals surface area contributed by atoms with Gasteiger partial charge in [-0.25, -0.2) is 0 Å². The summed E-state index contributed by atoms with van der Waals surface area (Å²) in [7, 11) is 0. The SMILES string of the molecule is Cc1cncc(C(=O)N2CCN(CCCl)CC2)c1. The fourth-order valence-electron chi connectivity index (χ4n) is 2.15. The summed E-state index contributed by atoms with van der Waals surface area (Å²) >= 11 is 5.72. The van der Waals surface area contributed by atoms with E-state index in [9.17, 15) is 4.79 Å².